The van der Waals surface area contributed by atoms with Crippen molar-refractivity contribution >= 4 is 5.91 Å². The summed E-state index contributed by atoms with van der Waals surface area (Å²) < 4.78 is 26.2. The quantitative estimate of drug-likeness (QED) is 0.833. The van der Waals surface area contributed by atoms with E-state index in [4.69, 9.17) is 0 Å². The number of rotatable bonds is 6. The van der Waals surface area contributed by atoms with Crippen LogP contribution in [0.3, 0.4) is 0 Å². The number of likely N-dealkylation sites (tertiary alicyclic amines) is 1. The van der Waals surface area contributed by atoms with Crippen LogP contribution < -0.4 is 5.32 Å². The summed E-state index contributed by atoms with van der Waals surface area (Å²) in [5.74, 6) is -0.973. The predicted octanol–water partition coefficient (Wildman–Crippen LogP) is 2.61. The molecule has 26 heavy (non-hydrogen) atoms. The van der Waals surface area contributed by atoms with Gasteiger partial charge in [-0.25, -0.2) is 8.78 Å². The molecule has 0 aromatic heterocycles. The van der Waals surface area contributed by atoms with Gasteiger partial charge in [-0.05, 0) is 48.2 Å². The first-order chi connectivity index (χ1) is 12.5. The van der Waals surface area contributed by atoms with E-state index < -0.39 is 5.60 Å². The van der Waals surface area contributed by atoms with Crippen molar-refractivity contribution in [1.29, 1.82) is 0 Å². The molecule has 138 valence electrons. The number of aliphatic hydroxyl groups is 1. The molecule has 1 atom stereocenters. The third-order valence-corrected chi connectivity index (χ3v) is 4.63. The van der Waals surface area contributed by atoms with Gasteiger partial charge in [-0.3, -0.25) is 4.79 Å². The number of piperidine rings is 1. The van der Waals surface area contributed by atoms with Crippen LogP contribution in [-0.2, 0) is 17.9 Å². The second kappa shape index (κ2) is 7.93. The van der Waals surface area contributed by atoms with Gasteiger partial charge in [-0.1, -0.05) is 24.3 Å². The van der Waals surface area contributed by atoms with Crippen molar-refractivity contribution in [3.63, 3.8) is 0 Å². The Hall–Kier alpha value is -2.31. The second-order valence-corrected chi connectivity index (χ2v) is 6.72. The lowest BCUT2D eigenvalue weighted by Gasteiger charge is -2.38. The highest BCUT2D eigenvalue weighted by molar-refractivity contribution is 5.86. The number of carbonyl (C=O) groups excluding carboxylic acids is 1. The van der Waals surface area contributed by atoms with Crippen molar-refractivity contribution in [3.8, 4) is 0 Å². The fourth-order valence-corrected chi connectivity index (χ4v) is 3.25. The summed E-state index contributed by atoms with van der Waals surface area (Å²) in [4.78, 5) is 14.3. The van der Waals surface area contributed by atoms with Crippen molar-refractivity contribution < 1.29 is 18.7 Å². The number of hydrogen-bond donors (Lipinski definition) is 2. The van der Waals surface area contributed by atoms with Crippen molar-refractivity contribution in [2.75, 3.05) is 13.1 Å². The van der Waals surface area contributed by atoms with Gasteiger partial charge in [0.1, 0.15) is 11.6 Å². The van der Waals surface area contributed by atoms with E-state index in [0.29, 0.717) is 32.5 Å². The second-order valence-electron chi connectivity index (χ2n) is 6.72. The van der Waals surface area contributed by atoms with Gasteiger partial charge in [0.2, 0.25) is 0 Å². The number of nitrogens with zero attached hydrogens (tertiary/aromatic N) is 1. The van der Waals surface area contributed by atoms with Crippen LogP contribution in [0.4, 0.5) is 8.78 Å². The lowest BCUT2D eigenvalue weighted by molar-refractivity contribution is -0.157. The normalized spacial score (nSPS) is 20.4. The fraction of sp³-hybridized carbons (Fsp3) is 0.350. The van der Waals surface area contributed by atoms with Gasteiger partial charge in [-0.2, -0.15) is 0 Å². The number of benzene rings is 2. The van der Waals surface area contributed by atoms with Crippen molar-refractivity contribution in [2.24, 2.45) is 0 Å². The topological polar surface area (TPSA) is 52.6 Å². The molecule has 1 heterocycles. The van der Waals surface area contributed by atoms with E-state index in [-0.39, 0.29) is 24.1 Å². The molecule has 1 saturated heterocycles. The Bertz CT molecular complexity index is 767. The van der Waals surface area contributed by atoms with Crippen LogP contribution in [0, 0.1) is 11.6 Å². The molecule has 1 amide bonds. The minimum absolute atomic E-state index is 0.0995. The lowest BCUT2D eigenvalue weighted by Crippen LogP contribution is -2.57. The van der Waals surface area contributed by atoms with E-state index >= 15 is 0 Å². The predicted molar refractivity (Wildman–Crippen MR) is 94.1 cm³/mol. The summed E-state index contributed by atoms with van der Waals surface area (Å²) in [6.07, 6.45) is 1.06. The van der Waals surface area contributed by atoms with Crippen LogP contribution in [0.25, 0.3) is 0 Å². The van der Waals surface area contributed by atoms with Crippen LogP contribution in [0.5, 0.6) is 0 Å². The molecule has 0 bridgehead atoms. The maximum atomic E-state index is 13.2. The van der Waals surface area contributed by atoms with Gasteiger partial charge in [0.05, 0.1) is 0 Å². The molecule has 2 aromatic rings. The third kappa shape index (κ3) is 4.45. The number of halogens is 2. The maximum Gasteiger partial charge on any atom is 0.256 e. The van der Waals surface area contributed by atoms with E-state index in [9.17, 15) is 18.7 Å². The highest BCUT2D eigenvalue weighted by Gasteiger charge is 2.41. The van der Waals surface area contributed by atoms with Gasteiger partial charge in [0.25, 0.3) is 5.91 Å². The van der Waals surface area contributed by atoms with Crippen LogP contribution >= 0.6 is 0 Å². The highest BCUT2D eigenvalue weighted by atomic mass is 19.1. The Labute approximate surface area is 151 Å². The molecule has 3 rings (SSSR count). The molecule has 1 aliphatic rings. The first-order valence-electron chi connectivity index (χ1n) is 8.68. The van der Waals surface area contributed by atoms with Crippen molar-refractivity contribution in [3.05, 3.63) is 71.3 Å². The Balaban J connectivity index is 1.59. The number of carbonyl (C=O) groups is 1. The molecular formula is C20H22F2N2O2. The summed E-state index contributed by atoms with van der Waals surface area (Å²) in [6, 6.07) is 12.2. The smallest absolute Gasteiger partial charge is 0.256 e. The fourth-order valence-electron chi connectivity index (χ4n) is 3.25. The summed E-state index contributed by atoms with van der Waals surface area (Å²) >= 11 is 0. The number of amides is 1. The van der Waals surface area contributed by atoms with Crippen LogP contribution in [-0.4, -0.2) is 34.6 Å². The van der Waals surface area contributed by atoms with Crippen LogP contribution in [0.1, 0.15) is 24.0 Å². The zero-order valence-corrected chi connectivity index (χ0v) is 14.4. The Kier molecular flexibility index (Phi) is 5.64. The van der Waals surface area contributed by atoms with Crippen LogP contribution in [0.2, 0.25) is 0 Å². The van der Waals surface area contributed by atoms with Crippen molar-refractivity contribution in [2.45, 2.75) is 31.5 Å². The van der Waals surface area contributed by atoms with Gasteiger partial charge >= 0.3 is 0 Å². The molecule has 2 aromatic carbocycles. The Morgan fingerprint density at radius 2 is 1.85 bits per heavy atom. The largest absolute Gasteiger partial charge is 0.379 e. The molecule has 4 nitrogen and oxygen atoms in total. The van der Waals surface area contributed by atoms with E-state index in [1.807, 2.05) is 0 Å². The maximum absolute atomic E-state index is 13.2. The number of hydrogen-bond acceptors (Lipinski definition) is 3. The minimum atomic E-state index is -1.48. The third-order valence-electron chi connectivity index (χ3n) is 4.63. The molecule has 0 spiro atoms. The molecule has 1 aliphatic heterocycles. The van der Waals surface area contributed by atoms with E-state index in [2.05, 4.69) is 5.32 Å². The average Bonchev–Trinajstić information content (AvgIpc) is 2.61. The Morgan fingerprint density at radius 1 is 1.08 bits per heavy atom. The zero-order valence-electron chi connectivity index (χ0n) is 14.4. The minimum Gasteiger partial charge on any atom is -0.379 e. The van der Waals surface area contributed by atoms with Gasteiger partial charge in [0.15, 0.2) is 5.60 Å². The lowest BCUT2D eigenvalue weighted by atomic mass is 9.91. The van der Waals surface area contributed by atoms with Crippen molar-refractivity contribution in [1.82, 2.24) is 10.2 Å². The van der Waals surface area contributed by atoms with E-state index in [1.165, 1.54) is 24.3 Å². The average molecular weight is 360 g/mol. The zero-order chi connectivity index (χ0) is 18.6. The molecule has 0 radical (unpaired) electrons. The monoisotopic (exact) mass is 360 g/mol. The summed E-state index contributed by atoms with van der Waals surface area (Å²) in [5, 5.41) is 13.8. The standard InChI is InChI=1S/C20H22F2N2O2/c21-17-7-5-15(6-8-17)13-24-10-2-9-20(26,19(24)25)14-23-12-16-3-1-4-18(22)11-16/h1,3-8,11,23,26H,2,9-10,12-14H2. The van der Waals surface area contributed by atoms with Gasteiger partial charge in [0, 0.05) is 26.2 Å². The van der Waals surface area contributed by atoms with Gasteiger partial charge < -0.3 is 15.3 Å². The summed E-state index contributed by atoms with van der Waals surface area (Å²) in [7, 11) is 0. The Morgan fingerprint density at radius 3 is 2.58 bits per heavy atom. The summed E-state index contributed by atoms with van der Waals surface area (Å²) in [6.45, 7) is 1.36. The van der Waals surface area contributed by atoms with E-state index in [0.717, 1.165) is 11.1 Å². The molecule has 1 unspecified atom stereocenters. The molecule has 0 aliphatic carbocycles. The molecule has 1 fully saturated rings. The first-order valence-corrected chi connectivity index (χ1v) is 8.68. The molecule has 6 heteroatoms. The van der Waals surface area contributed by atoms with Gasteiger partial charge in [-0.15, -0.1) is 0 Å². The highest BCUT2D eigenvalue weighted by Crippen LogP contribution is 2.24. The van der Waals surface area contributed by atoms with Crippen LogP contribution in [0.15, 0.2) is 48.5 Å². The number of nitrogens with one attached hydrogen (secondary N) is 1. The molecule has 0 saturated carbocycles. The molecular weight excluding hydrogens is 338 g/mol. The first kappa shape index (κ1) is 18.5. The van der Waals surface area contributed by atoms with E-state index in [1.54, 1.807) is 29.2 Å². The summed E-state index contributed by atoms with van der Waals surface area (Å²) in [5.41, 5.74) is 0.0859. The molecule has 2 N–H and O–H groups in total. The SMILES string of the molecule is O=C1N(Cc2ccc(F)cc2)CCCC1(O)CNCc1cccc(F)c1.